The van der Waals surface area contributed by atoms with Crippen LogP contribution in [0.5, 0.6) is 5.75 Å². The highest BCUT2D eigenvalue weighted by Gasteiger charge is 2.12. The Labute approximate surface area is 173 Å². The van der Waals surface area contributed by atoms with Crippen LogP contribution in [0.3, 0.4) is 0 Å². The van der Waals surface area contributed by atoms with E-state index in [0.717, 1.165) is 0 Å². The molecule has 3 N–H and O–H groups in total. The molecule has 0 saturated heterocycles. The Bertz CT molecular complexity index is 989. The smallest absolute Gasteiger partial charge is 0.253 e. The zero-order valence-electron chi connectivity index (χ0n) is 15.7. The molecule has 2 aromatic carbocycles. The van der Waals surface area contributed by atoms with E-state index in [0.29, 0.717) is 33.5 Å². The molecule has 0 aliphatic heterocycles. The molecule has 0 radical (unpaired) electrons. The number of anilines is 2. The van der Waals surface area contributed by atoms with Gasteiger partial charge in [-0.15, -0.1) is 0 Å². The third kappa shape index (κ3) is 5.52. The Morgan fingerprint density at radius 1 is 1.10 bits per heavy atom. The number of rotatable bonds is 8. The van der Waals surface area contributed by atoms with Gasteiger partial charge in [0.2, 0.25) is 5.91 Å². The predicted octanol–water partition coefficient (Wildman–Crippen LogP) is 3.92. The first-order chi connectivity index (χ1) is 14.1. The Morgan fingerprint density at radius 3 is 2.66 bits per heavy atom. The van der Waals surface area contributed by atoms with E-state index in [1.807, 2.05) is 0 Å². The van der Waals surface area contributed by atoms with Crippen molar-refractivity contribution in [3.05, 3.63) is 77.2 Å². The second kappa shape index (κ2) is 9.66. The van der Waals surface area contributed by atoms with Crippen molar-refractivity contribution < 1.29 is 18.7 Å². The van der Waals surface area contributed by atoms with E-state index in [2.05, 4.69) is 16.0 Å². The average Bonchev–Trinajstić information content (AvgIpc) is 3.24. The third-order valence-electron chi connectivity index (χ3n) is 4.05. The van der Waals surface area contributed by atoms with E-state index < -0.39 is 0 Å². The largest absolute Gasteiger partial charge is 0.495 e. The molecule has 8 heteroatoms. The number of para-hydroxylation sites is 1. The van der Waals surface area contributed by atoms with Crippen molar-refractivity contribution in [1.29, 1.82) is 0 Å². The van der Waals surface area contributed by atoms with Crippen LogP contribution in [0, 0.1) is 0 Å². The number of benzene rings is 2. The maximum atomic E-state index is 12.5. The van der Waals surface area contributed by atoms with Crippen LogP contribution in [0.4, 0.5) is 11.4 Å². The molecule has 2 amide bonds. The summed E-state index contributed by atoms with van der Waals surface area (Å²) >= 11 is 6.07. The van der Waals surface area contributed by atoms with Crippen molar-refractivity contribution in [2.45, 2.75) is 6.54 Å². The zero-order valence-corrected chi connectivity index (χ0v) is 16.5. The Balaban J connectivity index is 1.58. The highest BCUT2D eigenvalue weighted by Crippen LogP contribution is 2.27. The number of carbonyl (C=O) groups is 2. The number of carbonyl (C=O) groups excluding carboxylic acids is 2. The summed E-state index contributed by atoms with van der Waals surface area (Å²) in [6.07, 6.45) is 1.55. The first-order valence-electron chi connectivity index (χ1n) is 8.83. The fourth-order valence-electron chi connectivity index (χ4n) is 2.64. The maximum Gasteiger partial charge on any atom is 0.253 e. The molecule has 0 atom stereocenters. The molecule has 0 aliphatic rings. The van der Waals surface area contributed by atoms with Gasteiger partial charge in [0.05, 0.1) is 37.0 Å². The number of hydrogen-bond donors (Lipinski definition) is 3. The van der Waals surface area contributed by atoms with Gasteiger partial charge < -0.3 is 25.1 Å². The number of furan rings is 1. The summed E-state index contributed by atoms with van der Waals surface area (Å²) in [7, 11) is 1.52. The van der Waals surface area contributed by atoms with Gasteiger partial charge in [0.15, 0.2) is 0 Å². The van der Waals surface area contributed by atoms with Crippen LogP contribution in [-0.2, 0) is 11.3 Å². The van der Waals surface area contributed by atoms with Crippen LogP contribution >= 0.6 is 11.6 Å². The molecule has 0 aliphatic carbocycles. The SMILES string of the molecule is COc1ccc(NC(=O)CNc2ccccc2C(=O)NCc2ccco2)cc1Cl. The maximum absolute atomic E-state index is 12.5. The second-order valence-electron chi connectivity index (χ2n) is 6.06. The van der Waals surface area contributed by atoms with Crippen LogP contribution < -0.4 is 20.7 Å². The Hall–Kier alpha value is -3.45. The lowest BCUT2D eigenvalue weighted by molar-refractivity contribution is -0.114. The Kier molecular flexibility index (Phi) is 6.76. The lowest BCUT2D eigenvalue weighted by Gasteiger charge is -2.12. The zero-order chi connectivity index (χ0) is 20.6. The van der Waals surface area contributed by atoms with Crippen LogP contribution in [0.25, 0.3) is 0 Å². The Morgan fingerprint density at radius 2 is 1.93 bits per heavy atom. The highest BCUT2D eigenvalue weighted by atomic mass is 35.5. The van der Waals surface area contributed by atoms with E-state index in [4.69, 9.17) is 20.8 Å². The number of amides is 2. The summed E-state index contributed by atoms with van der Waals surface area (Å²) < 4.78 is 10.3. The molecule has 0 spiro atoms. The quantitative estimate of drug-likeness (QED) is 0.520. The molecule has 1 aromatic heterocycles. The lowest BCUT2D eigenvalue weighted by Crippen LogP contribution is -2.26. The highest BCUT2D eigenvalue weighted by molar-refractivity contribution is 6.32. The van der Waals surface area contributed by atoms with Crippen LogP contribution in [0.15, 0.2) is 65.3 Å². The summed E-state index contributed by atoms with van der Waals surface area (Å²) in [6, 6.07) is 15.5. The number of nitrogens with one attached hydrogen (secondary N) is 3. The molecule has 0 saturated carbocycles. The van der Waals surface area contributed by atoms with Gasteiger partial charge >= 0.3 is 0 Å². The number of halogens is 1. The van der Waals surface area contributed by atoms with E-state index in [1.54, 1.807) is 60.9 Å². The van der Waals surface area contributed by atoms with E-state index in [9.17, 15) is 9.59 Å². The minimum Gasteiger partial charge on any atom is -0.495 e. The van der Waals surface area contributed by atoms with Gasteiger partial charge in [-0.3, -0.25) is 9.59 Å². The molecule has 0 bridgehead atoms. The molecule has 1 heterocycles. The van der Waals surface area contributed by atoms with Gasteiger partial charge in [0, 0.05) is 11.4 Å². The topological polar surface area (TPSA) is 92.6 Å². The van der Waals surface area contributed by atoms with Gasteiger partial charge in [0.1, 0.15) is 11.5 Å². The third-order valence-corrected chi connectivity index (χ3v) is 4.35. The monoisotopic (exact) mass is 413 g/mol. The van der Waals surface area contributed by atoms with E-state index in [-0.39, 0.29) is 24.9 Å². The van der Waals surface area contributed by atoms with Crippen molar-refractivity contribution in [3.63, 3.8) is 0 Å². The van der Waals surface area contributed by atoms with Crippen LogP contribution in [-0.4, -0.2) is 25.5 Å². The van der Waals surface area contributed by atoms with Crippen molar-refractivity contribution in [2.75, 3.05) is 24.3 Å². The summed E-state index contributed by atoms with van der Waals surface area (Å²) in [5, 5.41) is 8.92. The van der Waals surface area contributed by atoms with Gasteiger partial charge in [0.25, 0.3) is 5.91 Å². The molecule has 150 valence electrons. The lowest BCUT2D eigenvalue weighted by atomic mass is 10.1. The molecular weight excluding hydrogens is 394 g/mol. The first-order valence-corrected chi connectivity index (χ1v) is 9.21. The molecule has 29 heavy (non-hydrogen) atoms. The summed E-state index contributed by atoms with van der Waals surface area (Å²) in [5.74, 6) is 0.627. The van der Waals surface area contributed by atoms with Gasteiger partial charge in [-0.05, 0) is 42.5 Å². The summed E-state index contributed by atoms with van der Waals surface area (Å²) in [5.41, 5.74) is 1.53. The van der Waals surface area contributed by atoms with E-state index in [1.165, 1.54) is 7.11 Å². The molecular formula is C21H20ClN3O4. The van der Waals surface area contributed by atoms with Crippen LogP contribution in [0.1, 0.15) is 16.1 Å². The molecule has 3 aromatic rings. The van der Waals surface area contributed by atoms with Gasteiger partial charge in [-0.25, -0.2) is 0 Å². The standard InChI is InChI=1S/C21H20ClN3O4/c1-28-19-9-8-14(11-17(19)22)25-20(26)13-23-18-7-3-2-6-16(18)21(27)24-12-15-5-4-10-29-15/h2-11,23H,12-13H2,1H3,(H,24,27)(H,25,26). The van der Waals surface area contributed by atoms with Crippen molar-refractivity contribution >= 4 is 34.8 Å². The minimum atomic E-state index is -0.281. The fraction of sp³-hybridized carbons (Fsp3) is 0.143. The number of methoxy groups -OCH3 is 1. The average molecular weight is 414 g/mol. The normalized spacial score (nSPS) is 10.3. The summed E-state index contributed by atoms with van der Waals surface area (Å²) in [6.45, 7) is 0.255. The van der Waals surface area contributed by atoms with Gasteiger partial charge in [-0.1, -0.05) is 23.7 Å². The molecule has 0 fully saturated rings. The van der Waals surface area contributed by atoms with Gasteiger partial charge in [-0.2, -0.15) is 0 Å². The molecule has 0 unspecified atom stereocenters. The molecule has 7 nitrogen and oxygen atoms in total. The van der Waals surface area contributed by atoms with Crippen molar-refractivity contribution in [1.82, 2.24) is 5.32 Å². The number of hydrogen-bond acceptors (Lipinski definition) is 5. The minimum absolute atomic E-state index is 0.0217. The second-order valence-corrected chi connectivity index (χ2v) is 6.47. The van der Waals surface area contributed by atoms with Crippen molar-refractivity contribution in [3.8, 4) is 5.75 Å². The first kappa shape index (κ1) is 20.3. The predicted molar refractivity (Wildman–Crippen MR) is 111 cm³/mol. The number of ether oxygens (including phenoxy) is 1. The van der Waals surface area contributed by atoms with Crippen LogP contribution in [0.2, 0.25) is 5.02 Å². The summed E-state index contributed by atoms with van der Waals surface area (Å²) in [4.78, 5) is 24.7. The van der Waals surface area contributed by atoms with Crippen molar-refractivity contribution in [2.24, 2.45) is 0 Å². The fourth-order valence-corrected chi connectivity index (χ4v) is 2.89. The molecule has 3 rings (SSSR count). The van der Waals surface area contributed by atoms with E-state index >= 15 is 0 Å².